The smallest absolute Gasteiger partial charge is 0.306 e. The molecule has 3 aromatic rings. The van der Waals surface area contributed by atoms with Gasteiger partial charge in [0.05, 0.1) is 6.61 Å². The number of esters is 2. The van der Waals surface area contributed by atoms with Crippen molar-refractivity contribution in [1.29, 1.82) is 0 Å². The zero-order valence-corrected chi connectivity index (χ0v) is 31.9. The second-order valence-electron chi connectivity index (χ2n) is 13.8. The molecule has 2 unspecified atom stereocenters. The van der Waals surface area contributed by atoms with Gasteiger partial charge in [-0.05, 0) is 155 Å². The second kappa shape index (κ2) is 19.5. The van der Waals surface area contributed by atoms with Crippen LogP contribution in [0.4, 0.5) is 0 Å². The third-order valence-electron chi connectivity index (χ3n) is 7.00. The van der Waals surface area contributed by atoms with Crippen molar-refractivity contribution in [3.05, 3.63) is 98.6 Å². The molecule has 0 aliphatic heterocycles. The topological polar surface area (TPSA) is 61.8 Å². The van der Waals surface area contributed by atoms with Gasteiger partial charge < -0.3 is 14.2 Å². The molecule has 0 N–H and O–H groups in total. The number of ether oxygens (including phenoxy) is 3. The lowest BCUT2D eigenvalue weighted by Gasteiger charge is -2.20. The van der Waals surface area contributed by atoms with Gasteiger partial charge in [0.15, 0.2) is 0 Å². The van der Waals surface area contributed by atoms with Crippen LogP contribution in [0.2, 0.25) is 0 Å². The zero-order chi connectivity index (χ0) is 35.0. The highest BCUT2D eigenvalue weighted by Gasteiger charge is 2.18. The summed E-state index contributed by atoms with van der Waals surface area (Å²) in [6.45, 7) is 18.5. The molecule has 6 heteroatoms. The first-order valence-corrected chi connectivity index (χ1v) is 17.7. The van der Waals surface area contributed by atoms with Crippen LogP contribution >= 0.6 is 22.6 Å². The first-order valence-electron chi connectivity index (χ1n) is 16.6. The Morgan fingerprint density at radius 3 is 1.43 bits per heavy atom. The summed E-state index contributed by atoms with van der Waals surface area (Å²) in [4.78, 5) is 23.5. The van der Waals surface area contributed by atoms with E-state index in [0.717, 1.165) is 42.7 Å². The number of hydrogen-bond donors (Lipinski definition) is 0. The first kappa shape index (κ1) is 39.9. The van der Waals surface area contributed by atoms with E-state index in [1.807, 2.05) is 77.9 Å². The molecule has 0 spiro atoms. The van der Waals surface area contributed by atoms with E-state index >= 15 is 0 Å². The quantitative estimate of drug-likeness (QED) is 0.111. The minimum Gasteiger partial charge on any atom is -0.494 e. The molecule has 3 rings (SSSR count). The van der Waals surface area contributed by atoms with Crippen LogP contribution in [0.1, 0.15) is 129 Å². The van der Waals surface area contributed by atoms with E-state index < -0.39 is 5.60 Å². The molecule has 0 aliphatic rings. The Hall–Kier alpha value is -3.31. The van der Waals surface area contributed by atoms with Crippen LogP contribution in [0.15, 0.2) is 72.8 Å². The van der Waals surface area contributed by atoms with Gasteiger partial charge in [-0.15, -0.1) is 0 Å². The summed E-state index contributed by atoms with van der Waals surface area (Å²) in [5.74, 6) is 7.69. The molecular weight excluding hydrogens is 699 g/mol. The number of rotatable bonds is 11. The maximum Gasteiger partial charge on any atom is 0.306 e. The van der Waals surface area contributed by atoms with Crippen molar-refractivity contribution in [2.75, 3.05) is 6.61 Å². The fourth-order valence-electron chi connectivity index (χ4n) is 4.47. The van der Waals surface area contributed by atoms with Crippen molar-refractivity contribution in [3.8, 4) is 17.6 Å². The van der Waals surface area contributed by atoms with Gasteiger partial charge in [0.2, 0.25) is 0 Å². The van der Waals surface area contributed by atoms with Gasteiger partial charge in [0.1, 0.15) is 17.0 Å². The third-order valence-corrected chi connectivity index (χ3v) is 7.72. The zero-order valence-electron chi connectivity index (χ0n) is 29.7. The van der Waals surface area contributed by atoms with E-state index in [-0.39, 0.29) is 17.5 Å². The van der Waals surface area contributed by atoms with E-state index in [1.54, 1.807) is 0 Å². The molecule has 0 aromatic heterocycles. The van der Waals surface area contributed by atoms with Gasteiger partial charge in [0, 0.05) is 27.5 Å². The van der Waals surface area contributed by atoms with Crippen LogP contribution in [0.25, 0.3) is 0 Å². The summed E-state index contributed by atoms with van der Waals surface area (Å²) in [6.07, 6.45) is 3.50. The Balaban J connectivity index is 0.000000366. The van der Waals surface area contributed by atoms with Crippen LogP contribution < -0.4 is 4.74 Å². The molecule has 0 aliphatic carbocycles. The average molecular weight is 753 g/mol. The van der Waals surface area contributed by atoms with E-state index in [9.17, 15) is 9.59 Å². The van der Waals surface area contributed by atoms with Crippen molar-refractivity contribution in [1.82, 2.24) is 0 Å². The molecule has 47 heavy (non-hydrogen) atoms. The molecule has 0 bridgehead atoms. The fourth-order valence-corrected chi connectivity index (χ4v) is 4.83. The molecule has 0 radical (unpaired) electrons. The standard InChI is InChI=1S/C26H32O3.C15H21IO2/c1-6-19-28-24-16-12-22(13-17-24)9-8-21-10-14-23(15-11-21)20(2)7-18-25(27)29-26(3,4)5;1-11(12-6-8-13(16)9-7-12)5-10-14(17)18-15(2,3)4/h10-17,20H,6-7,18-19H2,1-5H3;6-9,11H,5,10H2,1-4H3. The Morgan fingerprint density at radius 2 is 1.04 bits per heavy atom. The summed E-state index contributed by atoms with van der Waals surface area (Å²) in [7, 11) is 0. The minimum atomic E-state index is -0.427. The molecule has 0 fully saturated rings. The van der Waals surface area contributed by atoms with Crippen molar-refractivity contribution in [3.63, 3.8) is 0 Å². The van der Waals surface area contributed by atoms with Gasteiger partial charge in [-0.3, -0.25) is 9.59 Å². The largest absolute Gasteiger partial charge is 0.494 e. The lowest BCUT2D eigenvalue weighted by atomic mass is 9.95. The van der Waals surface area contributed by atoms with Gasteiger partial charge in [-0.1, -0.05) is 56.9 Å². The van der Waals surface area contributed by atoms with Crippen molar-refractivity contribution in [2.24, 2.45) is 0 Å². The molecule has 0 heterocycles. The number of carbonyl (C=O) groups excluding carboxylic acids is 2. The van der Waals surface area contributed by atoms with Crippen LogP contribution in [-0.2, 0) is 19.1 Å². The van der Waals surface area contributed by atoms with Crippen LogP contribution in [-0.4, -0.2) is 29.7 Å². The van der Waals surface area contributed by atoms with Gasteiger partial charge in [0.25, 0.3) is 0 Å². The summed E-state index contributed by atoms with van der Waals surface area (Å²) >= 11 is 2.29. The van der Waals surface area contributed by atoms with Gasteiger partial charge in [-0.2, -0.15) is 0 Å². The third kappa shape index (κ3) is 17.4. The summed E-state index contributed by atoms with van der Waals surface area (Å²) in [5, 5.41) is 0. The van der Waals surface area contributed by atoms with Gasteiger partial charge in [-0.25, -0.2) is 0 Å². The fraction of sp³-hybridized carbons (Fsp3) is 0.463. The Kier molecular flexibility index (Phi) is 16.5. The minimum absolute atomic E-state index is 0.111. The summed E-state index contributed by atoms with van der Waals surface area (Å²) in [5.41, 5.74) is 3.60. The molecule has 5 nitrogen and oxygen atoms in total. The van der Waals surface area contributed by atoms with Crippen LogP contribution in [0, 0.1) is 15.4 Å². The Labute approximate surface area is 297 Å². The second-order valence-corrected chi connectivity index (χ2v) is 15.1. The maximum atomic E-state index is 11.9. The molecular formula is C41H53IO5. The molecule has 254 valence electrons. The maximum absolute atomic E-state index is 11.9. The summed E-state index contributed by atoms with van der Waals surface area (Å²) < 4.78 is 17.5. The normalized spacial score (nSPS) is 12.4. The molecule has 2 atom stereocenters. The number of carbonyl (C=O) groups is 2. The van der Waals surface area contributed by atoms with Crippen molar-refractivity contribution < 1.29 is 23.8 Å². The lowest BCUT2D eigenvalue weighted by Crippen LogP contribution is -2.23. The Bertz CT molecular complexity index is 1430. The predicted octanol–water partition coefficient (Wildman–Crippen LogP) is 10.6. The van der Waals surface area contributed by atoms with Crippen LogP contribution in [0.5, 0.6) is 5.75 Å². The first-order chi connectivity index (χ1) is 22.0. The highest BCUT2D eigenvalue weighted by molar-refractivity contribution is 14.1. The summed E-state index contributed by atoms with van der Waals surface area (Å²) in [6, 6.07) is 24.6. The monoisotopic (exact) mass is 752 g/mol. The van der Waals surface area contributed by atoms with E-state index in [4.69, 9.17) is 14.2 Å². The van der Waals surface area contributed by atoms with Crippen molar-refractivity contribution in [2.45, 2.75) is 117 Å². The number of benzene rings is 3. The van der Waals surface area contributed by atoms with Gasteiger partial charge >= 0.3 is 11.9 Å². The SMILES string of the molecule is CC(CCC(=O)OC(C)(C)C)c1ccc(I)cc1.CCCOc1ccc(C#Cc2ccc(C(C)CCC(=O)OC(C)(C)C)cc2)cc1. The number of hydrogen-bond acceptors (Lipinski definition) is 5. The predicted molar refractivity (Wildman–Crippen MR) is 201 cm³/mol. The van der Waals surface area contributed by atoms with Crippen LogP contribution in [0.3, 0.4) is 0 Å². The van der Waals surface area contributed by atoms with E-state index in [2.05, 4.69) is 91.6 Å². The highest BCUT2D eigenvalue weighted by atomic mass is 127. The van der Waals surface area contributed by atoms with E-state index in [1.165, 1.54) is 14.7 Å². The Morgan fingerprint density at radius 1 is 0.660 bits per heavy atom. The molecule has 0 saturated carbocycles. The van der Waals surface area contributed by atoms with E-state index in [0.29, 0.717) is 24.7 Å². The highest BCUT2D eigenvalue weighted by Crippen LogP contribution is 2.24. The molecule has 0 saturated heterocycles. The van der Waals surface area contributed by atoms with Crippen molar-refractivity contribution >= 4 is 34.5 Å². The lowest BCUT2D eigenvalue weighted by molar-refractivity contribution is -0.156. The molecule has 0 amide bonds. The number of halogens is 1. The molecule has 3 aromatic carbocycles. The average Bonchev–Trinajstić information content (AvgIpc) is 3.00.